The van der Waals surface area contributed by atoms with Gasteiger partial charge >= 0.3 is 0 Å². The first-order valence-electron chi connectivity index (χ1n) is 5.95. The van der Waals surface area contributed by atoms with Gasteiger partial charge in [-0.2, -0.15) is 0 Å². The summed E-state index contributed by atoms with van der Waals surface area (Å²) in [5.41, 5.74) is 1.25. The number of benzene rings is 2. The first kappa shape index (κ1) is 14.0. The van der Waals surface area contributed by atoms with Crippen LogP contribution in [0.1, 0.15) is 11.1 Å². The number of aliphatic hydroxyl groups is 1. The summed E-state index contributed by atoms with van der Waals surface area (Å²) < 4.78 is 31.3. The van der Waals surface area contributed by atoms with Crippen molar-refractivity contribution in [3.63, 3.8) is 0 Å². The van der Waals surface area contributed by atoms with Gasteiger partial charge in [0.1, 0.15) is 19.0 Å². The second-order valence-corrected chi connectivity index (χ2v) is 4.02. The molecule has 4 heteroatoms. The molecule has 2 nitrogen and oxygen atoms in total. The molecule has 20 heavy (non-hydrogen) atoms. The third kappa shape index (κ3) is 3.81. The fourth-order valence-electron chi connectivity index (χ4n) is 1.60. The molecule has 2 aromatic rings. The maximum Gasteiger partial charge on any atom is 0.159 e. The summed E-state index contributed by atoms with van der Waals surface area (Å²) in [6.45, 7) is -0.0754. The van der Waals surface area contributed by atoms with Gasteiger partial charge < -0.3 is 9.84 Å². The molecule has 2 rings (SSSR count). The summed E-state index contributed by atoms with van der Waals surface area (Å²) >= 11 is 0. The Kier molecular flexibility index (Phi) is 4.70. The molecule has 0 saturated carbocycles. The lowest BCUT2D eigenvalue weighted by molar-refractivity contribution is 0.305. The van der Waals surface area contributed by atoms with Crippen LogP contribution < -0.4 is 4.74 Å². The molecular weight excluding hydrogens is 262 g/mol. The van der Waals surface area contributed by atoms with Crippen LogP contribution in [-0.4, -0.2) is 11.7 Å². The minimum absolute atomic E-state index is 0.133. The van der Waals surface area contributed by atoms with Crippen LogP contribution in [0.25, 0.3) is 0 Å². The number of hydrogen-bond acceptors (Lipinski definition) is 2. The minimum Gasteiger partial charge on any atom is -0.489 e. The van der Waals surface area contributed by atoms with Crippen molar-refractivity contribution in [2.24, 2.45) is 0 Å². The first-order chi connectivity index (χ1) is 9.69. The van der Waals surface area contributed by atoms with Gasteiger partial charge in [-0.3, -0.25) is 0 Å². The average Bonchev–Trinajstić information content (AvgIpc) is 2.47. The lowest BCUT2D eigenvalue weighted by Gasteiger charge is -2.07. The van der Waals surface area contributed by atoms with Crippen LogP contribution in [0.15, 0.2) is 42.5 Å². The van der Waals surface area contributed by atoms with E-state index in [2.05, 4.69) is 11.8 Å². The van der Waals surface area contributed by atoms with Gasteiger partial charge in [0.2, 0.25) is 0 Å². The zero-order valence-corrected chi connectivity index (χ0v) is 10.6. The van der Waals surface area contributed by atoms with E-state index in [-0.39, 0.29) is 13.2 Å². The Bertz CT molecular complexity index is 657. The molecule has 0 spiro atoms. The van der Waals surface area contributed by atoms with Gasteiger partial charge in [-0.1, -0.05) is 24.0 Å². The molecule has 0 amide bonds. The number of hydrogen-bond donors (Lipinski definition) is 1. The largest absolute Gasteiger partial charge is 0.489 e. The summed E-state index contributed by atoms with van der Waals surface area (Å²) in [4.78, 5) is 0. The molecule has 102 valence electrons. The summed E-state index contributed by atoms with van der Waals surface area (Å²) in [5, 5.41) is 8.63. The Labute approximate surface area is 115 Å². The van der Waals surface area contributed by atoms with E-state index in [0.717, 1.165) is 12.1 Å². The standard InChI is InChI=1S/C16H12F2O2/c17-15-7-6-13(10-16(15)18)11-20-14-5-1-3-12(9-14)4-2-8-19/h1,3,5-7,9-10,19H,8,11H2. The maximum absolute atomic E-state index is 13.0. The van der Waals surface area contributed by atoms with Gasteiger partial charge in [-0.15, -0.1) is 0 Å². The Hall–Kier alpha value is -2.38. The fourth-order valence-corrected chi connectivity index (χ4v) is 1.60. The highest BCUT2D eigenvalue weighted by atomic mass is 19.2. The van der Waals surface area contributed by atoms with Crippen LogP contribution in [0.5, 0.6) is 5.75 Å². The lowest BCUT2D eigenvalue weighted by Crippen LogP contribution is -1.97. The molecule has 0 aliphatic rings. The van der Waals surface area contributed by atoms with Gasteiger partial charge in [0.05, 0.1) is 0 Å². The van der Waals surface area contributed by atoms with Crippen molar-refractivity contribution in [1.29, 1.82) is 0 Å². The molecule has 0 unspecified atom stereocenters. The molecule has 0 fully saturated rings. The Morgan fingerprint density at radius 1 is 1.05 bits per heavy atom. The van der Waals surface area contributed by atoms with E-state index < -0.39 is 11.6 Å². The highest BCUT2D eigenvalue weighted by Gasteiger charge is 2.03. The zero-order valence-electron chi connectivity index (χ0n) is 10.6. The van der Waals surface area contributed by atoms with Crippen molar-refractivity contribution < 1.29 is 18.6 Å². The van der Waals surface area contributed by atoms with Crippen LogP contribution >= 0.6 is 0 Å². The van der Waals surface area contributed by atoms with Gasteiger partial charge in [0, 0.05) is 5.56 Å². The smallest absolute Gasteiger partial charge is 0.159 e. The van der Waals surface area contributed by atoms with E-state index in [1.54, 1.807) is 24.3 Å². The third-order valence-electron chi connectivity index (χ3n) is 2.54. The topological polar surface area (TPSA) is 29.5 Å². The maximum atomic E-state index is 13.0. The van der Waals surface area contributed by atoms with Crippen molar-refractivity contribution in [2.45, 2.75) is 6.61 Å². The van der Waals surface area contributed by atoms with E-state index >= 15 is 0 Å². The van der Waals surface area contributed by atoms with Crippen LogP contribution in [0.3, 0.4) is 0 Å². The summed E-state index contributed by atoms with van der Waals surface area (Å²) in [6, 6.07) is 10.6. The van der Waals surface area contributed by atoms with Crippen LogP contribution in [0, 0.1) is 23.5 Å². The van der Waals surface area contributed by atoms with Crippen LogP contribution in [0.2, 0.25) is 0 Å². The van der Waals surface area contributed by atoms with Crippen molar-refractivity contribution in [3.05, 3.63) is 65.2 Å². The molecule has 0 bridgehead atoms. The zero-order chi connectivity index (χ0) is 14.4. The molecule has 1 N–H and O–H groups in total. The molecule has 0 heterocycles. The second kappa shape index (κ2) is 6.69. The van der Waals surface area contributed by atoms with E-state index in [1.807, 2.05) is 0 Å². The Morgan fingerprint density at radius 3 is 2.65 bits per heavy atom. The Balaban J connectivity index is 2.05. The van der Waals surface area contributed by atoms with Crippen LogP contribution in [-0.2, 0) is 6.61 Å². The van der Waals surface area contributed by atoms with Gasteiger partial charge in [0.25, 0.3) is 0 Å². The van der Waals surface area contributed by atoms with Gasteiger partial charge in [0.15, 0.2) is 11.6 Å². The number of halogens is 2. The number of rotatable bonds is 3. The molecule has 0 aliphatic carbocycles. The molecule has 0 aromatic heterocycles. The molecular formula is C16H12F2O2. The van der Waals surface area contributed by atoms with Gasteiger partial charge in [-0.05, 0) is 35.9 Å². The minimum atomic E-state index is -0.895. The predicted octanol–water partition coefficient (Wildman–Crippen LogP) is 2.89. The van der Waals surface area contributed by atoms with Gasteiger partial charge in [-0.25, -0.2) is 8.78 Å². The quantitative estimate of drug-likeness (QED) is 0.872. The van der Waals surface area contributed by atoms with Crippen molar-refractivity contribution in [2.75, 3.05) is 6.61 Å². The predicted molar refractivity (Wildman–Crippen MR) is 71.1 cm³/mol. The molecule has 0 radical (unpaired) electrons. The van der Waals surface area contributed by atoms with Crippen molar-refractivity contribution >= 4 is 0 Å². The second-order valence-electron chi connectivity index (χ2n) is 4.02. The lowest BCUT2D eigenvalue weighted by atomic mass is 10.2. The highest BCUT2D eigenvalue weighted by Crippen LogP contribution is 2.16. The van der Waals surface area contributed by atoms with E-state index in [9.17, 15) is 8.78 Å². The van der Waals surface area contributed by atoms with E-state index in [1.165, 1.54) is 6.07 Å². The molecule has 2 aromatic carbocycles. The Morgan fingerprint density at radius 2 is 1.90 bits per heavy atom. The molecule has 0 atom stereocenters. The van der Waals surface area contributed by atoms with Crippen molar-refractivity contribution in [3.8, 4) is 17.6 Å². The third-order valence-corrected chi connectivity index (χ3v) is 2.54. The van der Waals surface area contributed by atoms with Crippen molar-refractivity contribution in [1.82, 2.24) is 0 Å². The first-order valence-corrected chi connectivity index (χ1v) is 5.95. The average molecular weight is 274 g/mol. The summed E-state index contributed by atoms with van der Waals surface area (Å²) in [6.07, 6.45) is 0. The SMILES string of the molecule is OCC#Cc1cccc(OCc2ccc(F)c(F)c2)c1. The summed E-state index contributed by atoms with van der Waals surface area (Å²) in [5.74, 6) is 4.09. The monoisotopic (exact) mass is 274 g/mol. The highest BCUT2D eigenvalue weighted by molar-refractivity contribution is 5.39. The van der Waals surface area contributed by atoms with E-state index in [0.29, 0.717) is 16.9 Å². The normalized spacial score (nSPS) is 9.75. The molecule has 0 aliphatic heterocycles. The number of aliphatic hydroxyl groups excluding tert-OH is 1. The fraction of sp³-hybridized carbons (Fsp3) is 0.125. The molecule has 0 saturated heterocycles. The summed E-state index contributed by atoms with van der Waals surface area (Å²) in [7, 11) is 0. The number of ether oxygens (including phenoxy) is 1. The van der Waals surface area contributed by atoms with E-state index in [4.69, 9.17) is 9.84 Å². The van der Waals surface area contributed by atoms with Crippen LogP contribution in [0.4, 0.5) is 8.78 Å².